The molecule has 0 spiro atoms. The molecule has 0 aromatic heterocycles. The van der Waals surface area contributed by atoms with Crippen LogP contribution in [0.1, 0.15) is 57.1 Å². The molecule has 0 bridgehead atoms. The van der Waals surface area contributed by atoms with E-state index in [0.29, 0.717) is 12.2 Å². The molecule has 1 nitrogen and oxygen atoms in total. The Morgan fingerprint density at radius 2 is 1.53 bits per heavy atom. The molecule has 0 aliphatic rings. The Hall–Kier alpha value is -1.11. The van der Waals surface area contributed by atoms with E-state index in [2.05, 4.69) is 31.2 Å². The summed E-state index contributed by atoms with van der Waals surface area (Å²) in [6.45, 7) is 4.15. The Bertz CT molecular complexity index is 324. The van der Waals surface area contributed by atoms with Crippen LogP contribution in [0.3, 0.4) is 0 Å². The second-order valence-corrected chi connectivity index (χ2v) is 4.67. The Labute approximate surface area is 105 Å². The van der Waals surface area contributed by atoms with Gasteiger partial charge in [0.05, 0.1) is 0 Å². The average molecular weight is 232 g/mol. The number of aryl methyl sites for hydroxylation is 2. The van der Waals surface area contributed by atoms with Crippen molar-refractivity contribution in [2.75, 3.05) is 0 Å². The molecule has 0 fully saturated rings. The minimum Gasteiger partial charge on any atom is -0.300 e. The molecule has 0 amide bonds. The topological polar surface area (TPSA) is 17.1 Å². The van der Waals surface area contributed by atoms with E-state index >= 15 is 0 Å². The van der Waals surface area contributed by atoms with Gasteiger partial charge in [-0.1, -0.05) is 44.5 Å². The fraction of sp³-hybridized carbons (Fsp3) is 0.562. The normalized spacial score (nSPS) is 10.5. The molecule has 0 unspecified atom stereocenters. The van der Waals surface area contributed by atoms with Crippen molar-refractivity contribution in [3.8, 4) is 0 Å². The van der Waals surface area contributed by atoms with Gasteiger partial charge in [-0.05, 0) is 36.8 Å². The van der Waals surface area contributed by atoms with E-state index in [0.717, 1.165) is 25.7 Å². The zero-order valence-electron chi connectivity index (χ0n) is 11.2. The van der Waals surface area contributed by atoms with E-state index in [9.17, 15) is 4.79 Å². The van der Waals surface area contributed by atoms with E-state index in [1.54, 1.807) is 0 Å². The maximum atomic E-state index is 11.1. The first-order valence-electron chi connectivity index (χ1n) is 6.85. The number of carbonyl (C=O) groups excluding carboxylic acids is 1. The summed E-state index contributed by atoms with van der Waals surface area (Å²) < 4.78 is 0. The van der Waals surface area contributed by atoms with E-state index in [1.165, 1.54) is 24.0 Å². The molecule has 0 radical (unpaired) electrons. The SMILES string of the molecule is CCCc1ccc(CCCCC(=O)CC)cc1. The number of unbranched alkanes of at least 4 members (excludes halogenated alkanes) is 1. The molecule has 0 atom stereocenters. The predicted molar refractivity (Wildman–Crippen MR) is 73.3 cm³/mol. The Morgan fingerprint density at radius 1 is 0.941 bits per heavy atom. The highest BCUT2D eigenvalue weighted by Crippen LogP contribution is 2.10. The van der Waals surface area contributed by atoms with Crippen molar-refractivity contribution in [1.29, 1.82) is 0 Å². The van der Waals surface area contributed by atoms with E-state index < -0.39 is 0 Å². The van der Waals surface area contributed by atoms with Gasteiger partial charge in [-0.15, -0.1) is 0 Å². The van der Waals surface area contributed by atoms with Gasteiger partial charge in [-0.2, -0.15) is 0 Å². The first-order chi connectivity index (χ1) is 8.26. The summed E-state index contributed by atoms with van der Waals surface area (Å²) in [7, 11) is 0. The number of Topliss-reactive ketones (excluding diaryl/α,β-unsaturated/α-hetero) is 1. The molecule has 0 saturated heterocycles. The predicted octanol–water partition coefficient (Wildman–Crippen LogP) is 4.33. The van der Waals surface area contributed by atoms with Gasteiger partial charge in [-0.3, -0.25) is 4.79 Å². The molecule has 1 rings (SSSR count). The third-order valence-corrected chi connectivity index (χ3v) is 3.13. The summed E-state index contributed by atoms with van der Waals surface area (Å²) in [6.07, 6.45) is 7.07. The van der Waals surface area contributed by atoms with Crippen molar-refractivity contribution in [1.82, 2.24) is 0 Å². The minimum atomic E-state index is 0.392. The lowest BCUT2D eigenvalue weighted by Crippen LogP contribution is -1.95. The summed E-state index contributed by atoms with van der Waals surface area (Å²) in [5.41, 5.74) is 2.83. The zero-order chi connectivity index (χ0) is 12.5. The molecule has 0 heterocycles. The standard InChI is InChI=1S/C16H24O/c1-3-7-14-10-12-15(13-11-14)8-5-6-9-16(17)4-2/h10-13H,3-9H2,1-2H3. The number of hydrogen-bond donors (Lipinski definition) is 0. The van der Waals surface area contributed by atoms with Gasteiger partial charge in [0.25, 0.3) is 0 Å². The molecule has 0 N–H and O–H groups in total. The minimum absolute atomic E-state index is 0.392. The van der Waals surface area contributed by atoms with Crippen LogP contribution >= 0.6 is 0 Å². The largest absolute Gasteiger partial charge is 0.300 e. The summed E-state index contributed by atoms with van der Waals surface area (Å²) in [4.78, 5) is 11.1. The molecule has 17 heavy (non-hydrogen) atoms. The Morgan fingerprint density at radius 3 is 2.06 bits per heavy atom. The van der Waals surface area contributed by atoms with Crippen LogP contribution in [-0.2, 0) is 17.6 Å². The smallest absolute Gasteiger partial charge is 0.132 e. The second kappa shape index (κ2) is 8.05. The van der Waals surface area contributed by atoms with Gasteiger partial charge in [0.1, 0.15) is 5.78 Å². The molecule has 0 aliphatic carbocycles. The van der Waals surface area contributed by atoms with Crippen LogP contribution in [0.5, 0.6) is 0 Å². The molecule has 1 aromatic carbocycles. The van der Waals surface area contributed by atoms with E-state index in [-0.39, 0.29) is 0 Å². The van der Waals surface area contributed by atoms with Gasteiger partial charge in [0.15, 0.2) is 0 Å². The van der Waals surface area contributed by atoms with Crippen molar-refractivity contribution in [2.45, 2.75) is 58.8 Å². The maximum absolute atomic E-state index is 11.1. The third-order valence-electron chi connectivity index (χ3n) is 3.13. The van der Waals surface area contributed by atoms with Gasteiger partial charge in [-0.25, -0.2) is 0 Å². The van der Waals surface area contributed by atoms with Crippen molar-refractivity contribution >= 4 is 5.78 Å². The van der Waals surface area contributed by atoms with Crippen LogP contribution in [-0.4, -0.2) is 5.78 Å². The molecular formula is C16H24O. The van der Waals surface area contributed by atoms with Crippen molar-refractivity contribution in [2.24, 2.45) is 0 Å². The number of carbonyl (C=O) groups is 1. The molecule has 0 aliphatic heterocycles. The third kappa shape index (κ3) is 5.67. The van der Waals surface area contributed by atoms with Gasteiger partial charge in [0.2, 0.25) is 0 Å². The van der Waals surface area contributed by atoms with Crippen LogP contribution in [0.25, 0.3) is 0 Å². The maximum Gasteiger partial charge on any atom is 0.132 e. The average Bonchev–Trinajstić information content (AvgIpc) is 2.36. The number of ketones is 1. The van der Waals surface area contributed by atoms with Crippen molar-refractivity contribution in [3.63, 3.8) is 0 Å². The first-order valence-corrected chi connectivity index (χ1v) is 6.85. The number of hydrogen-bond acceptors (Lipinski definition) is 1. The van der Waals surface area contributed by atoms with Crippen LogP contribution in [0.2, 0.25) is 0 Å². The Kier molecular flexibility index (Phi) is 6.61. The highest BCUT2D eigenvalue weighted by Gasteiger charge is 1.99. The van der Waals surface area contributed by atoms with Crippen molar-refractivity contribution < 1.29 is 4.79 Å². The van der Waals surface area contributed by atoms with Crippen LogP contribution in [0, 0.1) is 0 Å². The van der Waals surface area contributed by atoms with Crippen LogP contribution in [0.15, 0.2) is 24.3 Å². The summed E-state index contributed by atoms with van der Waals surface area (Å²) >= 11 is 0. The van der Waals surface area contributed by atoms with Gasteiger partial charge in [0, 0.05) is 12.8 Å². The van der Waals surface area contributed by atoms with Gasteiger partial charge >= 0.3 is 0 Å². The summed E-state index contributed by atoms with van der Waals surface area (Å²) in [6, 6.07) is 8.92. The fourth-order valence-corrected chi connectivity index (χ4v) is 1.99. The molecule has 94 valence electrons. The van der Waals surface area contributed by atoms with E-state index in [1.807, 2.05) is 6.92 Å². The van der Waals surface area contributed by atoms with Crippen molar-refractivity contribution in [3.05, 3.63) is 35.4 Å². The second-order valence-electron chi connectivity index (χ2n) is 4.67. The highest BCUT2D eigenvalue weighted by atomic mass is 16.1. The molecular weight excluding hydrogens is 208 g/mol. The monoisotopic (exact) mass is 232 g/mol. The van der Waals surface area contributed by atoms with E-state index in [4.69, 9.17) is 0 Å². The quantitative estimate of drug-likeness (QED) is 0.610. The lowest BCUT2D eigenvalue weighted by Gasteiger charge is -2.03. The molecule has 1 heteroatoms. The van der Waals surface area contributed by atoms with Gasteiger partial charge < -0.3 is 0 Å². The Balaban J connectivity index is 2.25. The molecule has 1 aromatic rings. The lowest BCUT2D eigenvalue weighted by molar-refractivity contribution is -0.118. The lowest BCUT2D eigenvalue weighted by atomic mass is 10.0. The number of benzene rings is 1. The first kappa shape index (κ1) is 14.0. The molecule has 0 saturated carbocycles. The van der Waals surface area contributed by atoms with Crippen LogP contribution < -0.4 is 0 Å². The summed E-state index contributed by atoms with van der Waals surface area (Å²) in [5.74, 6) is 0.392. The summed E-state index contributed by atoms with van der Waals surface area (Å²) in [5, 5.41) is 0. The zero-order valence-corrected chi connectivity index (χ0v) is 11.2. The number of rotatable bonds is 8. The fourth-order valence-electron chi connectivity index (χ4n) is 1.99. The highest BCUT2D eigenvalue weighted by molar-refractivity contribution is 5.77. The van der Waals surface area contributed by atoms with Crippen LogP contribution in [0.4, 0.5) is 0 Å².